The molecule has 3 aliphatic heterocycles. The fraction of sp³-hybridized carbons (Fsp3) is 0.864. The highest BCUT2D eigenvalue weighted by Gasteiger charge is 2.77. The highest BCUT2D eigenvalue weighted by Crippen LogP contribution is 2.60. The number of rotatable bonds is 10. The van der Waals surface area contributed by atoms with Crippen molar-refractivity contribution in [2.75, 3.05) is 19.8 Å². The van der Waals surface area contributed by atoms with Crippen molar-refractivity contribution in [2.45, 2.75) is 82.0 Å². The van der Waals surface area contributed by atoms with Crippen LogP contribution >= 0.6 is 15.9 Å². The number of aliphatic hydroxyl groups excluding tert-OH is 1. The van der Waals surface area contributed by atoms with Gasteiger partial charge in [-0.2, -0.15) is 0 Å². The summed E-state index contributed by atoms with van der Waals surface area (Å²) in [4.78, 5) is 41.4. The molecule has 0 aromatic heterocycles. The molecule has 1 spiro atoms. The highest BCUT2D eigenvalue weighted by molar-refractivity contribution is 9.09. The van der Waals surface area contributed by atoms with Crippen LogP contribution in [0.25, 0.3) is 0 Å². The maximum absolute atomic E-state index is 13.8. The van der Waals surface area contributed by atoms with Gasteiger partial charge < -0.3 is 24.8 Å². The summed E-state index contributed by atoms with van der Waals surface area (Å²) in [6.07, 6.45) is 2.25. The van der Waals surface area contributed by atoms with Crippen molar-refractivity contribution >= 4 is 33.7 Å². The molecule has 0 aromatic carbocycles. The summed E-state index contributed by atoms with van der Waals surface area (Å²) in [5.74, 6) is -2.37. The zero-order valence-electron chi connectivity index (χ0n) is 18.8. The Hall–Kier alpha value is -1.19. The molecule has 2 N–H and O–H groups in total. The third-order valence-electron chi connectivity index (χ3n) is 6.71. The number of halogens is 1. The van der Waals surface area contributed by atoms with Gasteiger partial charge >= 0.3 is 5.97 Å². The van der Waals surface area contributed by atoms with Crippen LogP contribution in [0.1, 0.15) is 53.4 Å². The number of alkyl halides is 1. The van der Waals surface area contributed by atoms with Gasteiger partial charge in [-0.15, -0.1) is 0 Å². The van der Waals surface area contributed by atoms with Crippen molar-refractivity contribution in [3.63, 3.8) is 0 Å². The van der Waals surface area contributed by atoms with Gasteiger partial charge in [0.25, 0.3) is 0 Å². The van der Waals surface area contributed by atoms with Crippen molar-refractivity contribution in [3.05, 3.63) is 0 Å². The largest absolute Gasteiger partial charge is 0.466 e. The number of carbonyl (C=O) groups is 3. The predicted octanol–water partition coefficient (Wildman–Crippen LogP) is 1.62. The van der Waals surface area contributed by atoms with E-state index >= 15 is 0 Å². The van der Waals surface area contributed by atoms with Crippen molar-refractivity contribution in [1.29, 1.82) is 0 Å². The molecule has 8 nitrogen and oxygen atoms in total. The van der Waals surface area contributed by atoms with Gasteiger partial charge in [0.05, 0.1) is 37.2 Å². The second kappa shape index (κ2) is 9.75. The third-order valence-corrected chi connectivity index (χ3v) is 7.56. The molecule has 1 unspecified atom stereocenters. The fourth-order valence-electron chi connectivity index (χ4n) is 5.57. The topological polar surface area (TPSA) is 105 Å². The van der Waals surface area contributed by atoms with Crippen molar-refractivity contribution in [2.24, 2.45) is 17.8 Å². The molecule has 3 heterocycles. The number of esters is 1. The number of hydrogen-bond donors (Lipinski definition) is 2. The average Bonchev–Trinajstić information content (AvgIpc) is 3.30. The Labute approximate surface area is 192 Å². The first-order valence-corrected chi connectivity index (χ1v) is 12.3. The second-order valence-electron chi connectivity index (χ2n) is 9.27. The van der Waals surface area contributed by atoms with Gasteiger partial charge in [0.2, 0.25) is 11.8 Å². The van der Waals surface area contributed by atoms with Crippen molar-refractivity contribution in [1.82, 2.24) is 10.2 Å². The van der Waals surface area contributed by atoms with Gasteiger partial charge in [0, 0.05) is 11.4 Å². The minimum Gasteiger partial charge on any atom is -0.466 e. The van der Waals surface area contributed by atoms with Crippen LogP contribution in [0.15, 0.2) is 0 Å². The SMILES string of the molecule is CCCCNC(=O)[C@@H]1N([C@@H](CO)CC(C)C)C(=O)[C@H]2[C@H](C(=O)OCC)[C@H]3O[C@@]12CC3Br. The second-order valence-corrected chi connectivity index (χ2v) is 10.4. The Kier molecular flexibility index (Phi) is 7.69. The van der Waals surface area contributed by atoms with E-state index in [4.69, 9.17) is 9.47 Å². The van der Waals surface area contributed by atoms with Gasteiger partial charge in [-0.1, -0.05) is 43.1 Å². The Morgan fingerprint density at radius 3 is 2.68 bits per heavy atom. The van der Waals surface area contributed by atoms with E-state index in [2.05, 4.69) is 21.2 Å². The van der Waals surface area contributed by atoms with E-state index in [1.807, 2.05) is 20.8 Å². The lowest BCUT2D eigenvalue weighted by atomic mass is 9.70. The van der Waals surface area contributed by atoms with Crippen LogP contribution in [-0.4, -0.2) is 76.2 Å². The molecule has 3 fully saturated rings. The van der Waals surface area contributed by atoms with E-state index in [9.17, 15) is 19.5 Å². The van der Waals surface area contributed by atoms with E-state index in [1.54, 1.807) is 6.92 Å². The standard InChI is InChI=1S/C22H35BrN2O6/c1-5-7-8-24-19(27)18-22-10-14(23)17(31-22)15(21(29)30-6-2)16(22)20(28)25(18)13(11-26)9-12(3)4/h12-18,26H,5-11H2,1-4H3,(H,24,27)/t13-,14?,15+,16-,17+,18+,22-/m1/s1. The number of aliphatic hydroxyl groups is 1. The lowest BCUT2D eigenvalue weighted by Gasteiger charge is -2.37. The van der Waals surface area contributed by atoms with Crippen LogP contribution in [0.5, 0.6) is 0 Å². The number of likely N-dealkylation sites (tertiary alicyclic amines) is 1. The molecule has 3 rings (SSSR count). The summed E-state index contributed by atoms with van der Waals surface area (Å²) >= 11 is 3.62. The molecule has 3 aliphatic rings. The lowest BCUT2D eigenvalue weighted by Crippen LogP contribution is -2.58. The van der Waals surface area contributed by atoms with E-state index < -0.39 is 41.6 Å². The number of fused-ring (bicyclic) bond motifs is 1. The van der Waals surface area contributed by atoms with Gasteiger partial charge in [-0.05, 0) is 32.1 Å². The minimum absolute atomic E-state index is 0.158. The van der Waals surface area contributed by atoms with Crippen LogP contribution < -0.4 is 5.32 Å². The quantitative estimate of drug-likeness (QED) is 0.267. The molecular weight excluding hydrogens is 468 g/mol. The number of unbranched alkanes of at least 4 members (excludes halogenated alkanes) is 1. The molecule has 0 aromatic rings. The highest BCUT2D eigenvalue weighted by atomic mass is 79.9. The summed E-state index contributed by atoms with van der Waals surface area (Å²) in [6.45, 7) is 8.25. The van der Waals surface area contributed by atoms with Crippen LogP contribution in [-0.2, 0) is 23.9 Å². The maximum atomic E-state index is 13.8. The molecule has 2 bridgehead atoms. The first-order valence-electron chi connectivity index (χ1n) is 11.4. The molecule has 9 heteroatoms. The molecule has 7 atom stereocenters. The summed E-state index contributed by atoms with van der Waals surface area (Å²) < 4.78 is 11.6. The number of carbonyl (C=O) groups excluding carboxylic acids is 3. The third kappa shape index (κ3) is 4.13. The Balaban J connectivity index is 2.02. The zero-order chi connectivity index (χ0) is 22.9. The number of hydrogen-bond acceptors (Lipinski definition) is 6. The summed E-state index contributed by atoms with van der Waals surface area (Å²) in [7, 11) is 0. The Bertz CT molecular complexity index is 703. The Morgan fingerprint density at radius 1 is 1.39 bits per heavy atom. The first kappa shape index (κ1) is 24.5. The predicted molar refractivity (Wildman–Crippen MR) is 117 cm³/mol. The normalized spacial score (nSPS) is 34.9. The molecule has 3 saturated heterocycles. The lowest BCUT2D eigenvalue weighted by molar-refractivity contribution is -0.155. The van der Waals surface area contributed by atoms with Gasteiger partial charge in [0.15, 0.2) is 0 Å². The minimum atomic E-state index is -1.10. The zero-order valence-corrected chi connectivity index (χ0v) is 20.4. The Morgan fingerprint density at radius 2 is 2.10 bits per heavy atom. The molecule has 2 amide bonds. The summed E-state index contributed by atoms with van der Waals surface area (Å²) in [5, 5.41) is 13.1. The number of ether oxygens (including phenoxy) is 2. The van der Waals surface area contributed by atoms with Gasteiger partial charge in [-0.3, -0.25) is 14.4 Å². The fourth-order valence-corrected chi connectivity index (χ4v) is 6.52. The van der Waals surface area contributed by atoms with Crippen molar-refractivity contribution < 1.29 is 29.0 Å². The number of nitrogens with zero attached hydrogens (tertiary/aromatic N) is 1. The number of nitrogens with one attached hydrogen (secondary N) is 1. The monoisotopic (exact) mass is 502 g/mol. The van der Waals surface area contributed by atoms with Gasteiger partial charge in [0.1, 0.15) is 11.6 Å². The molecular formula is C22H35BrN2O6. The van der Waals surface area contributed by atoms with Crippen LogP contribution in [0.4, 0.5) is 0 Å². The molecule has 0 radical (unpaired) electrons. The smallest absolute Gasteiger partial charge is 0.312 e. The van der Waals surface area contributed by atoms with E-state index in [1.165, 1.54) is 4.90 Å². The summed E-state index contributed by atoms with van der Waals surface area (Å²) in [6, 6.07) is -1.41. The molecule has 0 saturated carbocycles. The van der Waals surface area contributed by atoms with Crippen LogP contribution in [0.2, 0.25) is 0 Å². The maximum Gasteiger partial charge on any atom is 0.312 e. The molecule has 31 heavy (non-hydrogen) atoms. The van der Waals surface area contributed by atoms with Crippen LogP contribution in [0.3, 0.4) is 0 Å². The van der Waals surface area contributed by atoms with Crippen LogP contribution in [0, 0.1) is 17.8 Å². The first-order chi connectivity index (χ1) is 14.7. The van der Waals surface area contributed by atoms with Crippen molar-refractivity contribution in [3.8, 4) is 0 Å². The number of amides is 2. The van der Waals surface area contributed by atoms with E-state index in [0.29, 0.717) is 19.4 Å². The van der Waals surface area contributed by atoms with E-state index in [0.717, 1.165) is 12.8 Å². The average molecular weight is 503 g/mol. The molecule has 176 valence electrons. The van der Waals surface area contributed by atoms with Gasteiger partial charge in [-0.25, -0.2) is 0 Å². The van der Waals surface area contributed by atoms with E-state index in [-0.39, 0.29) is 35.8 Å². The summed E-state index contributed by atoms with van der Waals surface area (Å²) in [5.41, 5.74) is -1.10. The molecule has 0 aliphatic carbocycles.